The first-order chi connectivity index (χ1) is 12.8. The zero-order valence-electron chi connectivity index (χ0n) is 15.4. The second kappa shape index (κ2) is 7.53. The molecule has 1 aromatic rings. The molecular formula is C18H24N4O5. The maximum atomic E-state index is 12.9. The molecular weight excluding hydrogens is 352 g/mol. The number of urea groups is 1. The van der Waals surface area contributed by atoms with Gasteiger partial charge in [0.05, 0.1) is 19.8 Å². The standard InChI is InChI=1S/C18H24N4O5/c1-18(12-5-3-7-14(9-12)27-2)16(25)22(17(26)19-18)20-15(24)11-21-8-4-6-13(23)10-21/h3,5,7,9,13,23H,4,6,8,10-11H2,1-2H3,(H,19,26)(H,20,24). The fourth-order valence-corrected chi connectivity index (χ4v) is 3.41. The van der Waals surface area contributed by atoms with Crippen LogP contribution in [0.3, 0.4) is 0 Å². The van der Waals surface area contributed by atoms with Crippen LogP contribution in [-0.4, -0.2) is 65.7 Å². The monoisotopic (exact) mass is 376 g/mol. The average Bonchev–Trinajstić information content (AvgIpc) is 2.86. The van der Waals surface area contributed by atoms with Gasteiger partial charge in [-0.15, -0.1) is 0 Å². The molecule has 0 radical (unpaired) electrons. The third-order valence-electron chi connectivity index (χ3n) is 4.92. The van der Waals surface area contributed by atoms with E-state index in [0.717, 1.165) is 6.42 Å². The van der Waals surface area contributed by atoms with Gasteiger partial charge in [-0.1, -0.05) is 12.1 Å². The van der Waals surface area contributed by atoms with Gasteiger partial charge < -0.3 is 15.2 Å². The summed E-state index contributed by atoms with van der Waals surface area (Å²) >= 11 is 0. The number of β-amino-alcohol motifs (C(OH)–C–C–N with tert-alkyl or cyclic N) is 1. The molecule has 2 heterocycles. The van der Waals surface area contributed by atoms with E-state index in [1.807, 2.05) is 0 Å². The van der Waals surface area contributed by atoms with E-state index in [1.54, 1.807) is 36.1 Å². The van der Waals surface area contributed by atoms with Gasteiger partial charge in [-0.3, -0.25) is 19.9 Å². The van der Waals surface area contributed by atoms with Crippen LogP contribution in [0.2, 0.25) is 0 Å². The number of imide groups is 1. The van der Waals surface area contributed by atoms with Crippen LogP contribution in [0.15, 0.2) is 24.3 Å². The van der Waals surface area contributed by atoms with E-state index in [-0.39, 0.29) is 6.54 Å². The summed E-state index contributed by atoms with van der Waals surface area (Å²) in [5.74, 6) is -0.503. The quantitative estimate of drug-likeness (QED) is 0.622. The van der Waals surface area contributed by atoms with E-state index in [4.69, 9.17) is 4.74 Å². The van der Waals surface area contributed by atoms with E-state index < -0.39 is 29.5 Å². The summed E-state index contributed by atoms with van der Waals surface area (Å²) < 4.78 is 5.17. The molecule has 2 unspecified atom stereocenters. The minimum atomic E-state index is -1.31. The van der Waals surface area contributed by atoms with E-state index >= 15 is 0 Å². The van der Waals surface area contributed by atoms with Crippen LogP contribution in [0.1, 0.15) is 25.3 Å². The van der Waals surface area contributed by atoms with Crippen LogP contribution < -0.4 is 15.5 Å². The van der Waals surface area contributed by atoms with Crippen molar-refractivity contribution >= 4 is 17.8 Å². The number of piperidine rings is 1. The van der Waals surface area contributed by atoms with Crippen molar-refractivity contribution in [2.45, 2.75) is 31.4 Å². The van der Waals surface area contributed by atoms with Crippen molar-refractivity contribution in [2.75, 3.05) is 26.7 Å². The van der Waals surface area contributed by atoms with Crippen LogP contribution in [0.4, 0.5) is 4.79 Å². The number of nitrogens with one attached hydrogen (secondary N) is 2. The average molecular weight is 376 g/mol. The number of carbonyl (C=O) groups is 3. The lowest BCUT2D eigenvalue weighted by Gasteiger charge is -2.29. The largest absolute Gasteiger partial charge is 0.497 e. The molecule has 2 aliphatic heterocycles. The van der Waals surface area contributed by atoms with Gasteiger partial charge in [0.1, 0.15) is 11.3 Å². The summed E-state index contributed by atoms with van der Waals surface area (Å²) in [6.07, 6.45) is 1.05. The molecule has 27 heavy (non-hydrogen) atoms. The van der Waals surface area contributed by atoms with E-state index in [1.165, 1.54) is 7.11 Å². The summed E-state index contributed by atoms with van der Waals surface area (Å²) in [5, 5.41) is 13.0. The summed E-state index contributed by atoms with van der Waals surface area (Å²) in [7, 11) is 1.51. The molecule has 2 fully saturated rings. The summed E-state index contributed by atoms with van der Waals surface area (Å²) in [4.78, 5) is 39.2. The highest BCUT2D eigenvalue weighted by Gasteiger charge is 2.50. The topological polar surface area (TPSA) is 111 Å². The van der Waals surface area contributed by atoms with Gasteiger partial charge in [-0.05, 0) is 44.0 Å². The number of nitrogens with zero attached hydrogens (tertiary/aromatic N) is 2. The van der Waals surface area contributed by atoms with Crippen molar-refractivity contribution in [1.82, 2.24) is 20.7 Å². The van der Waals surface area contributed by atoms with Gasteiger partial charge in [0.25, 0.3) is 11.8 Å². The van der Waals surface area contributed by atoms with Crippen molar-refractivity contribution in [2.24, 2.45) is 0 Å². The maximum Gasteiger partial charge on any atom is 0.344 e. The zero-order chi connectivity index (χ0) is 19.6. The van der Waals surface area contributed by atoms with Crippen molar-refractivity contribution in [3.05, 3.63) is 29.8 Å². The molecule has 3 N–H and O–H groups in total. The van der Waals surface area contributed by atoms with Gasteiger partial charge in [0, 0.05) is 6.54 Å². The molecule has 9 nitrogen and oxygen atoms in total. The lowest BCUT2D eigenvalue weighted by Crippen LogP contribution is -2.52. The molecule has 4 amide bonds. The Labute approximate surface area is 157 Å². The van der Waals surface area contributed by atoms with Crippen molar-refractivity contribution in [3.63, 3.8) is 0 Å². The molecule has 2 aliphatic rings. The number of hydrazine groups is 1. The number of methoxy groups -OCH3 is 1. The molecule has 146 valence electrons. The van der Waals surface area contributed by atoms with Crippen molar-refractivity contribution in [1.29, 1.82) is 0 Å². The molecule has 0 spiro atoms. The highest BCUT2D eigenvalue weighted by molar-refractivity contribution is 6.08. The van der Waals surface area contributed by atoms with Gasteiger partial charge in [0.2, 0.25) is 0 Å². The van der Waals surface area contributed by atoms with E-state index in [2.05, 4.69) is 10.7 Å². The Hall–Kier alpha value is -2.65. The third-order valence-corrected chi connectivity index (χ3v) is 4.92. The Morgan fingerprint density at radius 1 is 1.44 bits per heavy atom. The number of ether oxygens (including phenoxy) is 1. The predicted molar refractivity (Wildman–Crippen MR) is 95.5 cm³/mol. The molecule has 0 bridgehead atoms. The maximum absolute atomic E-state index is 12.9. The SMILES string of the molecule is COc1cccc(C2(C)NC(=O)N(NC(=O)CN3CCCC(O)C3)C2=O)c1. The van der Waals surface area contributed by atoms with Crippen LogP contribution in [-0.2, 0) is 15.1 Å². The first kappa shape index (κ1) is 19.1. The smallest absolute Gasteiger partial charge is 0.344 e. The van der Waals surface area contributed by atoms with Crippen LogP contribution >= 0.6 is 0 Å². The fourth-order valence-electron chi connectivity index (χ4n) is 3.41. The molecule has 1 aromatic carbocycles. The summed E-state index contributed by atoms with van der Waals surface area (Å²) in [5.41, 5.74) is 1.62. The van der Waals surface area contributed by atoms with Crippen molar-refractivity contribution in [3.8, 4) is 5.75 Å². The van der Waals surface area contributed by atoms with E-state index in [0.29, 0.717) is 35.8 Å². The number of aliphatic hydroxyl groups is 1. The lowest BCUT2D eigenvalue weighted by molar-refractivity contribution is -0.139. The lowest BCUT2D eigenvalue weighted by atomic mass is 9.92. The fraction of sp³-hybridized carbons (Fsp3) is 0.500. The van der Waals surface area contributed by atoms with Crippen LogP contribution in [0, 0.1) is 0 Å². The molecule has 0 aliphatic carbocycles. The number of hydrogen-bond acceptors (Lipinski definition) is 6. The van der Waals surface area contributed by atoms with Crippen LogP contribution in [0.5, 0.6) is 5.75 Å². The third kappa shape index (κ3) is 3.88. The minimum absolute atomic E-state index is 0.00396. The molecule has 3 rings (SSSR count). The van der Waals surface area contributed by atoms with Gasteiger partial charge in [0.15, 0.2) is 0 Å². The molecule has 0 saturated carbocycles. The number of carbonyl (C=O) groups excluding carboxylic acids is 3. The Morgan fingerprint density at radius 3 is 2.93 bits per heavy atom. The van der Waals surface area contributed by atoms with E-state index in [9.17, 15) is 19.5 Å². The number of hydrogen-bond donors (Lipinski definition) is 3. The Balaban J connectivity index is 1.69. The number of amides is 4. The Morgan fingerprint density at radius 2 is 2.22 bits per heavy atom. The number of benzene rings is 1. The highest BCUT2D eigenvalue weighted by Crippen LogP contribution is 2.30. The second-order valence-electron chi connectivity index (χ2n) is 6.99. The van der Waals surface area contributed by atoms with Gasteiger partial charge >= 0.3 is 6.03 Å². The second-order valence-corrected chi connectivity index (χ2v) is 6.99. The molecule has 9 heteroatoms. The molecule has 0 aromatic heterocycles. The van der Waals surface area contributed by atoms with Gasteiger partial charge in [-0.2, -0.15) is 5.01 Å². The Kier molecular flexibility index (Phi) is 5.33. The molecule has 2 saturated heterocycles. The summed E-state index contributed by atoms with van der Waals surface area (Å²) in [6, 6.07) is 6.14. The summed E-state index contributed by atoms with van der Waals surface area (Å²) in [6.45, 7) is 2.67. The molecule has 2 atom stereocenters. The minimum Gasteiger partial charge on any atom is -0.497 e. The first-order valence-corrected chi connectivity index (χ1v) is 8.84. The van der Waals surface area contributed by atoms with Crippen LogP contribution in [0.25, 0.3) is 0 Å². The Bertz CT molecular complexity index is 755. The predicted octanol–water partition coefficient (Wildman–Crippen LogP) is -0.0499. The highest BCUT2D eigenvalue weighted by atomic mass is 16.5. The van der Waals surface area contributed by atoms with Crippen molar-refractivity contribution < 1.29 is 24.2 Å². The number of likely N-dealkylation sites (tertiary alicyclic amines) is 1. The van der Waals surface area contributed by atoms with Gasteiger partial charge in [-0.25, -0.2) is 4.79 Å². The first-order valence-electron chi connectivity index (χ1n) is 8.84. The zero-order valence-corrected chi connectivity index (χ0v) is 15.4. The number of aliphatic hydroxyl groups excluding tert-OH is 1. The normalized spacial score (nSPS) is 26.0. The number of rotatable bonds is 5.